The molecule has 0 heterocycles. The van der Waals surface area contributed by atoms with Crippen molar-refractivity contribution in [2.45, 2.75) is 26.4 Å². The van der Waals surface area contributed by atoms with E-state index in [1.54, 1.807) is 14.2 Å². The van der Waals surface area contributed by atoms with Crippen LogP contribution in [0.2, 0.25) is 0 Å². The zero-order valence-corrected chi connectivity index (χ0v) is 14.9. The summed E-state index contributed by atoms with van der Waals surface area (Å²) in [7, 11) is 3.26. The quantitative estimate of drug-likeness (QED) is 0.747. The fourth-order valence-electron chi connectivity index (χ4n) is 2.64. The second-order valence-corrected chi connectivity index (χ2v) is 5.60. The Morgan fingerprint density at radius 1 is 1.00 bits per heavy atom. The van der Waals surface area contributed by atoms with E-state index in [-0.39, 0.29) is 6.42 Å². The van der Waals surface area contributed by atoms with E-state index in [0.29, 0.717) is 31.1 Å². The van der Waals surface area contributed by atoms with Gasteiger partial charge in [0.05, 0.1) is 26.4 Å². The lowest BCUT2D eigenvalue weighted by Crippen LogP contribution is -1.99. The Kier molecular flexibility index (Phi) is 6.83. The van der Waals surface area contributed by atoms with Gasteiger partial charge in [-0.3, -0.25) is 4.79 Å². The molecule has 0 atom stereocenters. The van der Waals surface area contributed by atoms with Gasteiger partial charge in [-0.05, 0) is 42.2 Å². The third-order valence-corrected chi connectivity index (χ3v) is 3.91. The summed E-state index contributed by atoms with van der Waals surface area (Å²) in [5.41, 5.74) is 3.79. The largest absolute Gasteiger partial charge is 0.496 e. The van der Waals surface area contributed by atoms with Gasteiger partial charge >= 0.3 is 5.97 Å². The molecule has 0 aliphatic heterocycles. The van der Waals surface area contributed by atoms with E-state index >= 15 is 0 Å². The fraction of sp³-hybridized carbons (Fsp3) is 0.350. The van der Waals surface area contributed by atoms with Crippen molar-refractivity contribution in [1.82, 2.24) is 0 Å². The lowest BCUT2D eigenvalue weighted by Gasteiger charge is -2.16. The molecule has 0 aliphatic carbocycles. The maximum atomic E-state index is 10.7. The summed E-state index contributed by atoms with van der Waals surface area (Å²) in [4.78, 5) is 10.7. The Labute approximate surface area is 148 Å². The molecule has 0 amide bonds. The summed E-state index contributed by atoms with van der Waals surface area (Å²) < 4.78 is 16.6. The van der Waals surface area contributed by atoms with Crippen molar-refractivity contribution >= 4 is 5.97 Å². The Morgan fingerprint density at radius 3 is 2.08 bits per heavy atom. The molecular formula is C20H24O5. The van der Waals surface area contributed by atoms with Crippen molar-refractivity contribution in [3.05, 3.63) is 47.5 Å². The van der Waals surface area contributed by atoms with Crippen LogP contribution in [0.3, 0.4) is 0 Å². The van der Waals surface area contributed by atoms with Gasteiger partial charge in [0.15, 0.2) is 0 Å². The van der Waals surface area contributed by atoms with E-state index in [9.17, 15) is 4.79 Å². The first-order valence-corrected chi connectivity index (χ1v) is 8.22. The standard InChI is InChI=1S/C20H24O5/c1-4-25-13-15-11-17(23-2)20(18(12-15)24-3)16-8-5-14(6-9-16)7-10-19(21)22/h5-6,8-9,11-12H,4,7,10,13H2,1-3H3,(H,21,22). The summed E-state index contributed by atoms with van der Waals surface area (Å²) in [6.45, 7) is 3.09. The number of aliphatic carboxylic acids is 1. The van der Waals surface area contributed by atoms with Gasteiger partial charge in [-0.2, -0.15) is 0 Å². The molecule has 0 spiro atoms. The Balaban J connectivity index is 2.34. The van der Waals surface area contributed by atoms with Gasteiger partial charge in [0, 0.05) is 13.0 Å². The smallest absolute Gasteiger partial charge is 0.303 e. The van der Waals surface area contributed by atoms with Crippen molar-refractivity contribution in [2.75, 3.05) is 20.8 Å². The molecule has 0 fully saturated rings. The number of aryl methyl sites for hydroxylation is 1. The Bertz CT molecular complexity index is 682. The highest BCUT2D eigenvalue weighted by Crippen LogP contribution is 2.39. The number of methoxy groups -OCH3 is 2. The summed E-state index contributed by atoms with van der Waals surface area (Å²) in [5.74, 6) is 0.636. The molecule has 2 aromatic rings. The van der Waals surface area contributed by atoms with Gasteiger partial charge < -0.3 is 19.3 Å². The van der Waals surface area contributed by atoms with E-state index in [4.69, 9.17) is 19.3 Å². The summed E-state index contributed by atoms with van der Waals surface area (Å²) in [6.07, 6.45) is 0.634. The van der Waals surface area contributed by atoms with Crippen molar-refractivity contribution in [3.63, 3.8) is 0 Å². The number of hydrogen-bond acceptors (Lipinski definition) is 4. The third kappa shape index (κ3) is 4.97. The first-order chi connectivity index (χ1) is 12.1. The zero-order chi connectivity index (χ0) is 18.2. The van der Waals surface area contributed by atoms with Crippen LogP contribution in [-0.2, 0) is 22.6 Å². The number of hydrogen-bond donors (Lipinski definition) is 1. The summed E-state index contributed by atoms with van der Waals surface area (Å²) in [6, 6.07) is 11.7. The molecule has 134 valence electrons. The number of rotatable bonds is 9. The van der Waals surface area contributed by atoms with Crippen LogP contribution in [0.4, 0.5) is 0 Å². The van der Waals surface area contributed by atoms with Crippen molar-refractivity contribution in [2.24, 2.45) is 0 Å². The molecule has 25 heavy (non-hydrogen) atoms. The number of benzene rings is 2. The molecule has 0 saturated carbocycles. The van der Waals surface area contributed by atoms with Gasteiger partial charge in [-0.1, -0.05) is 24.3 Å². The Hall–Kier alpha value is -2.53. The van der Waals surface area contributed by atoms with Crippen LogP contribution in [-0.4, -0.2) is 31.9 Å². The minimum atomic E-state index is -0.794. The minimum absolute atomic E-state index is 0.123. The predicted octanol–water partition coefficient (Wildman–Crippen LogP) is 3.92. The van der Waals surface area contributed by atoms with Crippen molar-refractivity contribution in [1.29, 1.82) is 0 Å². The van der Waals surface area contributed by atoms with Crippen molar-refractivity contribution < 1.29 is 24.1 Å². The number of carboxylic acids is 1. The van der Waals surface area contributed by atoms with Crippen LogP contribution in [0.5, 0.6) is 11.5 Å². The molecular weight excluding hydrogens is 320 g/mol. The van der Waals surface area contributed by atoms with E-state index in [1.807, 2.05) is 43.3 Å². The highest BCUT2D eigenvalue weighted by Gasteiger charge is 2.15. The zero-order valence-electron chi connectivity index (χ0n) is 14.9. The van der Waals surface area contributed by atoms with Gasteiger partial charge in [-0.15, -0.1) is 0 Å². The first kappa shape index (κ1) is 18.8. The Morgan fingerprint density at radius 2 is 1.60 bits per heavy atom. The highest BCUT2D eigenvalue weighted by atomic mass is 16.5. The lowest BCUT2D eigenvalue weighted by atomic mass is 9.99. The molecule has 0 bridgehead atoms. The monoisotopic (exact) mass is 344 g/mol. The van der Waals surface area contributed by atoms with Gasteiger partial charge in [0.2, 0.25) is 0 Å². The van der Waals surface area contributed by atoms with E-state index < -0.39 is 5.97 Å². The lowest BCUT2D eigenvalue weighted by molar-refractivity contribution is -0.136. The molecule has 0 aromatic heterocycles. The molecule has 0 radical (unpaired) electrons. The van der Waals surface area contributed by atoms with E-state index in [0.717, 1.165) is 22.3 Å². The molecule has 5 nitrogen and oxygen atoms in total. The average molecular weight is 344 g/mol. The van der Waals surface area contributed by atoms with Gasteiger partial charge in [0.1, 0.15) is 11.5 Å². The van der Waals surface area contributed by atoms with Crippen molar-refractivity contribution in [3.8, 4) is 22.6 Å². The van der Waals surface area contributed by atoms with Crippen LogP contribution in [0.15, 0.2) is 36.4 Å². The van der Waals surface area contributed by atoms with Gasteiger partial charge in [-0.25, -0.2) is 0 Å². The summed E-state index contributed by atoms with van der Waals surface area (Å²) >= 11 is 0. The molecule has 1 N–H and O–H groups in total. The van der Waals surface area contributed by atoms with Crippen LogP contribution >= 0.6 is 0 Å². The van der Waals surface area contributed by atoms with Crippen LogP contribution in [0.25, 0.3) is 11.1 Å². The molecule has 0 aliphatic rings. The minimum Gasteiger partial charge on any atom is -0.496 e. The number of ether oxygens (including phenoxy) is 3. The van der Waals surface area contributed by atoms with Crippen LogP contribution in [0, 0.1) is 0 Å². The first-order valence-electron chi connectivity index (χ1n) is 8.22. The van der Waals surface area contributed by atoms with Crippen LogP contribution in [0.1, 0.15) is 24.5 Å². The second-order valence-electron chi connectivity index (χ2n) is 5.60. The number of carboxylic acid groups (broad SMARTS) is 1. The molecule has 2 rings (SSSR count). The fourth-order valence-corrected chi connectivity index (χ4v) is 2.64. The normalized spacial score (nSPS) is 10.5. The molecule has 2 aromatic carbocycles. The average Bonchev–Trinajstić information content (AvgIpc) is 2.64. The summed E-state index contributed by atoms with van der Waals surface area (Å²) in [5, 5.41) is 8.79. The van der Waals surface area contributed by atoms with Crippen LogP contribution < -0.4 is 9.47 Å². The number of carbonyl (C=O) groups is 1. The second kappa shape index (κ2) is 9.08. The molecule has 0 saturated heterocycles. The molecule has 5 heteroatoms. The predicted molar refractivity (Wildman–Crippen MR) is 96.3 cm³/mol. The van der Waals surface area contributed by atoms with E-state index in [1.165, 1.54) is 0 Å². The third-order valence-electron chi connectivity index (χ3n) is 3.91. The maximum Gasteiger partial charge on any atom is 0.303 e. The highest BCUT2D eigenvalue weighted by molar-refractivity contribution is 5.77. The van der Waals surface area contributed by atoms with Gasteiger partial charge in [0.25, 0.3) is 0 Å². The maximum absolute atomic E-state index is 10.7. The molecule has 0 unspecified atom stereocenters. The topological polar surface area (TPSA) is 65.0 Å². The van der Waals surface area contributed by atoms with E-state index in [2.05, 4.69) is 0 Å². The SMILES string of the molecule is CCOCc1cc(OC)c(-c2ccc(CCC(=O)O)cc2)c(OC)c1.